The number of hydrogen-bond donors (Lipinski definition) is 2. The Morgan fingerprint density at radius 1 is 0.405 bits per heavy atom. The van der Waals surface area contributed by atoms with Crippen molar-refractivity contribution in [3.8, 4) is 11.5 Å². The van der Waals surface area contributed by atoms with Gasteiger partial charge in [-0.3, -0.25) is 0 Å². The van der Waals surface area contributed by atoms with Crippen molar-refractivity contribution in [3.63, 3.8) is 0 Å². The second-order valence-electron chi connectivity index (χ2n) is 10.1. The lowest BCUT2D eigenvalue weighted by Gasteiger charge is -2.20. The Bertz CT molecular complexity index is 1700. The SMILES string of the molecule is OCCOc1ccc(C(=C(c2ccc3ccccc3c2)c2ccc3ccccc3c2)c2ccc(OCCO)cc2)cc1. The minimum Gasteiger partial charge on any atom is -0.491 e. The number of benzene rings is 6. The van der Waals surface area contributed by atoms with Crippen LogP contribution in [-0.2, 0) is 0 Å². The zero-order valence-corrected chi connectivity index (χ0v) is 23.2. The molecule has 0 aromatic heterocycles. The topological polar surface area (TPSA) is 58.9 Å². The quantitative estimate of drug-likeness (QED) is 0.171. The summed E-state index contributed by atoms with van der Waals surface area (Å²) in [5, 5.41) is 23.2. The maximum Gasteiger partial charge on any atom is 0.119 e. The standard InChI is InChI=1S/C38H32O4/c39-21-23-41-35-17-13-29(14-18-35)37(30-15-19-36(20-16-30)42-24-22-40)38(33-11-9-27-5-1-3-7-31(27)25-33)34-12-10-28-6-2-4-8-32(28)26-34/h1-20,25-26,39-40H,21-24H2. The van der Waals surface area contributed by atoms with E-state index in [9.17, 15) is 10.2 Å². The van der Waals surface area contributed by atoms with Gasteiger partial charge in [-0.1, -0.05) is 97.1 Å². The van der Waals surface area contributed by atoms with Crippen molar-refractivity contribution in [1.82, 2.24) is 0 Å². The van der Waals surface area contributed by atoms with E-state index in [0.29, 0.717) is 11.5 Å². The van der Waals surface area contributed by atoms with Gasteiger partial charge in [0.05, 0.1) is 13.2 Å². The maximum absolute atomic E-state index is 9.21. The number of rotatable bonds is 10. The molecule has 0 amide bonds. The fourth-order valence-corrected chi connectivity index (χ4v) is 5.36. The van der Waals surface area contributed by atoms with Gasteiger partial charge in [0.25, 0.3) is 0 Å². The fourth-order valence-electron chi connectivity index (χ4n) is 5.36. The molecule has 4 nitrogen and oxygen atoms in total. The lowest BCUT2D eigenvalue weighted by atomic mass is 9.84. The average molecular weight is 553 g/mol. The van der Waals surface area contributed by atoms with Gasteiger partial charge in [0.1, 0.15) is 24.7 Å². The van der Waals surface area contributed by atoms with Gasteiger partial charge in [0.2, 0.25) is 0 Å². The van der Waals surface area contributed by atoms with E-state index in [0.717, 1.165) is 33.4 Å². The maximum atomic E-state index is 9.21. The highest BCUT2D eigenvalue weighted by molar-refractivity contribution is 6.07. The fraction of sp³-hybridized carbons (Fsp3) is 0.105. The third kappa shape index (κ3) is 5.91. The van der Waals surface area contributed by atoms with Gasteiger partial charge < -0.3 is 19.7 Å². The molecule has 6 rings (SSSR count). The summed E-state index contributed by atoms with van der Waals surface area (Å²) in [6.07, 6.45) is 0. The molecule has 0 unspecified atom stereocenters. The second-order valence-corrected chi connectivity index (χ2v) is 10.1. The van der Waals surface area contributed by atoms with E-state index in [1.54, 1.807) is 0 Å². The van der Waals surface area contributed by atoms with Gasteiger partial charge >= 0.3 is 0 Å². The normalized spacial score (nSPS) is 11.0. The molecular weight excluding hydrogens is 520 g/mol. The second kappa shape index (κ2) is 12.7. The Balaban J connectivity index is 1.62. The highest BCUT2D eigenvalue weighted by Crippen LogP contribution is 2.39. The lowest BCUT2D eigenvalue weighted by molar-refractivity contribution is 0.201. The van der Waals surface area contributed by atoms with E-state index in [1.165, 1.54) is 21.5 Å². The molecule has 208 valence electrons. The monoisotopic (exact) mass is 552 g/mol. The first-order valence-electron chi connectivity index (χ1n) is 14.1. The molecule has 2 N–H and O–H groups in total. The largest absolute Gasteiger partial charge is 0.491 e. The Labute approximate surface area is 245 Å². The molecule has 0 fully saturated rings. The molecule has 0 aliphatic rings. The molecule has 4 heteroatoms. The van der Waals surface area contributed by atoms with E-state index in [2.05, 4.69) is 109 Å². The smallest absolute Gasteiger partial charge is 0.119 e. The summed E-state index contributed by atoms with van der Waals surface area (Å²) in [6, 6.07) is 46.2. The van der Waals surface area contributed by atoms with Gasteiger partial charge in [0, 0.05) is 0 Å². The van der Waals surface area contributed by atoms with Crippen molar-refractivity contribution < 1.29 is 19.7 Å². The Morgan fingerprint density at radius 3 is 1.17 bits per heavy atom. The number of ether oxygens (including phenoxy) is 2. The number of aliphatic hydroxyl groups is 2. The van der Waals surface area contributed by atoms with Crippen LogP contribution in [0.25, 0.3) is 32.7 Å². The van der Waals surface area contributed by atoms with Gasteiger partial charge in [-0.05, 0) is 91.3 Å². The van der Waals surface area contributed by atoms with Crippen molar-refractivity contribution in [2.24, 2.45) is 0 Å². The van der Waals surface area contributed by atoms with Crippen LogP contribution in [0, 0.1) is 0 Å². The van der Waals surface area contributed by atoms with Crippen LogP contribution in [0.3, 0.4) is 0 Å². The van der Waals surface area contributed by atoms with E-state index >= 15 is 0 Å². The van der Waals surface area contributed by atoms with Crippen LogP contribution in [0.1, 0.15) is 22.3 Å². The third-order valence-corrected chi connectivity index (χ3v) is 7.33. The zero-order valence-electron chi connectivity index (χ0n) is 23.2. The van der Waals surface area contributed by atoms with Crippen LogP contribution in [0.2, 0.25) is 0 Å². The molecule has 0 saturated carbocycles. The predicted molar refractivity (Wildman–Crippen MR) is 171 cm³/mol. The first-order valence-corrected chi connectivity index (χ1v) is 14.1. The summed E-state index contributed by atoms with van der Waals surface area (Å²) in [5.41, 5.74) is 6.47. The Morgan fingerprint density at radius 2 is 0.762 bits per heavy atom. The molecule has 0 aliphatic heterocycles. The van der Waals surface area contributed by atoms with Gasteiger partial charge in [-0.2, -0.15) is 0 Å². The van der Waals surface area contributed by atoms with Crippen molar-refractivity contribution >= 4 is 32.7 Å². The minimum absolute atomic E-state index is 0.0360. The summed E-state index contributed by atoms with van der Waals surface area (Å²) in [5.74, 6) is 1.41. The van der Waals surface area contributed by atoms with Crippen LogP contribution in [0.4, 0.5) is 0 Å². The minimum atomic E-state index is -0.0360. The highest BCUT2D eigenvalue weighted by atomic mass is 16.5. The van der Waals surface area contributed by atoms with E-state index in [-0.39, 0.29) is 26.4 Å². The van der Waals surface area contributed by atoms with Gasteiger partial charge in [-0.15, -0.1) is 0 Å². The summed E-state index contributed by atoms with van der Waals surface area (Å²) in [4.78, 5) is 0. The molecule has 6 aromatic rings. The van der Waals surface area contributed by atoms with Gasteiger partial charge in [0.15, 0.2) is 0 Å². The van der Waals surface area contributed by atoms with Crippen molar-refractivity contribution in [2.75, 3.05) is 26.4 Å². The summed E-state index contributed by atoms with van der Waals surface area (Å²) in [7, 11) is 0. The molecule has 6 aromatic carbocycles. The molecule has 0 atom stereocenters. The molecular formula is C38H32O4. The third-order valence-electron chi connectivity index (χ3n) is 7.33. The summed E-state index contributed by atoms with van der Waals surface area (Å²) < 4.78 is 11.3. The molecule has 0 spiro atoms. The number of hydrogen-bond acceptors (Lipinski definition) is 4. The Kier molecular flexibility index (Phi) is 8.27. The van der Waals surface area contributed by atoms with Crippen LogP contribution >= 0.6 is 0 Å². The van der Waals surface area contributed by atoms with Crippen LogP contribution in [0.5, 0.6) is 11.5 Å². The molecule has 0 radical (unpaired) electrons. The predicted octanol–water partition coefficient (Wildman–Crippen LogP) is 7.74. The first kappa shape index (κ1) is 27.3. The number of fused-ring (bicyclic) bond motifs is 2. The molecule has 0 aliphatic carbocycles. The van der Waals surface area contributed by atoms with E-state index in [4.69, 9.17) is 9.47 Å². The summed E-state index contributed by atoms with van der Waals surface area (Å²) >= 11 is 0. The first-order chi connectivity index (χ1) is 20.7. The Hall–Kier alpha value is -4.90. The van der Waals surface area contributed by atoms with Crippen molar-refractivity contribution in [1.29, 1.82) is 0 Å². The molecule has 0 bridgehead atoms. The molecule has 0 saturated heterocycles. The average Bonchev–Trinajstić information content (AvgIpc) is 3.05. The zero-order chi connectivity index (χ0) is 28.7. The van der Waals surface area contributed by atoms with E-state index < -0.39 is 0 Å². The molecule has 0 heterocycles. The summed E-state index contributed by atoms with van der Waals surface area (Å²) in [6.45, 7) is 0.422. The lowest BCUT2D eigenvalue weighted by Crippen LogP contribution is -2.02. The van der Waals surface area contributed by atoms with Crippen molar-refractivity contribution in [3.05, 3.63) is 156 Å². The van der Waals surface area contributed by atoms with Crippen molar-refractivity contribution in [2.45, 2.75) is 0 Å². The number of aliphatic hydroxyl groups excluding tert-OH is 2. The van der Waals surface area contributed by atoms with Gasteiger partial charge in [-0.25, -0.2) is 0 Å². The van der Waals surface area contributed by atoms with Crippen LogP contribution in [-0.4, -0.2) is 36.6 Å². The highest BCUT2D eigenvalue weighted by Gasteiger charge is 2.18. The molecule has 42 heavy (non-hydrogen) atoms. The van der Waals surface area contributed by atoms with Crippen LogP contribution in [0.15, 0.2) is 133 Å². The van der Waals surface area contributed by atoms with E-state index in [1.807, 2.05) is 24.3 Å². The van der Waals surface area contributed by atoms with Crippen LogP contribution < -0.4 is 9.47 Å².